The first-order chi connectivity index (χ1) is 13.3. The van der Waals surface area contributed by atoms with Crippen LogP contribution in [0.3, 0.4) is 0 Å². The highest BCUT2D eigenvalue weighted by Gasteiger charge is 2.12. The second kappa shape index (κ2) is 7.33. The van der Waals surface area contributed by atoms with E-state index in [0.29, 0.717) is 23.9 Å². The number of fused-ring (bicyclic) bond motifs is 1. The first-order valence-electron chi connectivity index (χ1n) is 8.48. The first-order valence-corrected chi connectivity index (χ1v) is 8.48. The molecule has 4 aromatic rings. The number of anilines is 1. The van der Waals surface area contributed by atoms with Crippen LogP contribution in [0.2, 0.25) is 0 Å². The van der Waals surface area contributed by atoms with Crippen LogP contribution in [-0.2, 0) is 6.54 Å². The summed E-state index contributed by atoms with van der Waals surface area (Å²) < 4.78 is 10.7. The number of H-pyrrole nitrogens is 1. The minimum atomic E-state index is 0.613. The standard InChI is InChI=1S/C20H19N5O2/c1-26-17-6-4-14(10-18(17)27-2)19-20(22-8-7-21-19)23-11-13-3-5-15-16(9-13)25-12-24-15/h3-10,12H,11H2,1-2H3,(H,22,23)(H,24,25). The highest BCUT2D eigenvalue weighted by atomic mass is 16.5. The van der Waals surface area contributed by atoms with E-state index in [4.69, 9.17) is 9.47 Å². The van der Waals surface area contributed by atoms with Crippen molar-refractivity contribution < 1.29 is 9.47 Å². The van der Waals surface area contributed by atoms with Crippen LogP contribution in [0.1, 0.15) is 5.56 Å². The Labute approximate surface area is 156 Å². The van der Waals surface area contributed by atoms with E-state index in [2.05, 4.69) is 31.3 Å². The van der Waals surface area contributed by atoms with Crippen molar-refractivity contribution in [1.29, 1.82) is 0 Å². The molecule has 0 aliphatic heterocycles. The zero-order valence-corrected chi connectivity index (χ0v) is 15.1. The first kappa shape index (κ1) is 16.8. The van der Waals surface area contributed by atoms with Crippen LogP contribution in [0.5, 0.6) is 11.5 Å². The molecule has 0 amide bonds. The lowest BCUT2D eigenvalue weighted by molar-refractivity contribution is 0.355. The summed E-state index contributed by atoms with van der Waals surface area (Å²) in [5.74, 6) is 2.02. The van der Waals surface area contributed by atoms with Crippen molar-refractivity contribution in [3.63, 3.8) is 0 Å². The van der Waals surface area contributed by atoms with Gasteiger partial charge in [-0.15, -0.1) is 0 Å². The van der Waals surface area contributed by atoms with Crippen molar-refractivity contribution >= 4 is 16.9 Å². The summed E-state index contributed by atoms with van der Waals surface area (Å²) in [4.78, 5) is 16.3. The molecule has 0 saturated carbocycles. The Morgan fingerprint density at radius 2 is 1.78 bits per heavy atom. The van der Waals surface area contributed by atoms with E-state index in [1.165, 1.54) is 0 Å². The Balaban J connectivity index is 1.61. The molecule has 2 heterocycles. The van der Waals surface area contributed by atoms with Crippen molar-refractivity contribution in [2.45, 2.75) is 6.54 Å². The Kier molecular flexibility index (Phi) is 4.57. The van der Waals surface area contributed by atoms with Gasteiger partial charge in [0, 0.05) is 24.5 Å². The molecule has 7 nitrogen and oxygen atoms in total. The van der Waals surface area contributed by atoms with Gasteiger partial charge in [0.1, 0.15) is 5.69 Å². The van der Waals surface area contributed by atoms with E-state index >= 15 is 0 Å². The number of benzene rings is 2. The average molecular weight is 361 g/mol. The van der Waals surface area contributed by atoms with Gasteiger partial charge in [-0.2, -0.15) is 0 Å². The molecule has 0 bridgehead atoms. The SMILES string of the molecule is COc1ccc(-c2nccnc2NCc2ccc3[nH]cnc3c2)cc1OC. The third-order valence-electron chi connectivity index (χ3n) is 4.30. The molecule has 2 aromatic carbocycles. The summed E-state index contributed by atoms with van der Waals surface area (Å²) in [5, 5.41) is 3.37. The lowest BCUT2D eigenvalue weighted by Gasteiger charge is -2.12. The van der Waals surface area contributed by atoms with Crippen molar-refractivity contribution in [3.05, 3.63) is 60.7 Å². The number of hydrogen-bond acceptors (Lipinski definition) is 6. The summed E-state index contributed by atoms with van der Waals surface area (Å²) in [5.41, 5.74) is 4.71. The summed E-state index contributed by atoms with van der Waals surface area (Å²) in [6.07, 6.45) is 5.04. The Bertz CT molecular complexity index is 1080. The predicted molar refractivity (Wildman–Crippen MR) is 104 cm³/mol. The van der Waals surface area contributed by atoms with Crippen LogP contribution in [0.15, 0.2) is 55.1 Å². The predicted octanol–water partition coefficient (Wildman–Crippen LogP) is 3.65. The molecule has 0 spiro atoms. The molecular formula is C20H19N5O2. The molecule has 27 heavy (non-hydrogen) atoms. The summed E-state index contributed by atoms with van der Waals surface area (Å²) in [6.45, 7) is 0.613. The third-order valence-corrected chi connectivity index (χ3v) is 4.30. The fourth-order valence-corrected chi connectivity index (χ4v) is 2.94. The van der Waals surface area contributed by atoms with E-state index in [-0.39, 0.29) is 0 Å². The summed E-state index contributed by atoms with van der Waals surface area (Å²) >= 11 is 0. The van der Waals surface area contributed by atoms with Gasteiger partial charge in [-0.1, -0.05) is 6.07 Å². The molecule has 4 rings (SSSR count). The largest absolute Gasteiger partial charge is 0.493 e. The van der Waals surface area contributed by atoms with E-state index in [1.54, 1.807) is 32.9 Å². The lowest BCUT2D eigenvalue weighted by Crippen LogP contribution is -2.04. The summed E-state index contributed by atoms with van der Waals surface area (Å²) in [7, 11) is 3.23. The van der Waals surface area contributed by atoms with Gasteiger partial charge in [-0.3, -0.25) is 4.98 Å². The minimum Gasteiger partial charge on any atom is -0.493 e. The second-order valence-corrected chi connectivity index (χ2v) is 5.93. The molecule has 2 N–H and O–H groups in total. The molecule has 0 unspecified atom stereocenters. The third kappa shape index (κ3) is 3.39. The minimum absolute atomic E-state index is 0.613. The quantitative estimate of drug-likeness (QED) is 0.545. The van der Waals surface area contributed by atoms with Gasteiger partial charge in [0.25, 0.3) is 0 Å². The lowest BCUT2D eigenvalue weighted by atomic mass is 10.1. The molecule has 136 valence electrons. The molecule has 0 aliphatic rings. The van der Waals surface area contributed by atoms with Crippen molar-refractivity contribution in [1.82, 2.24) is 19.9 Å². The Hall–Kier alpha value is -3.61. The van der Waals surface area contributed by atoms with Gasteiger partial charge in [-0.05, 0) is 35.9 Å². The van der Waals surface area contributed by atoms with Crippen molar-refractivity contribution in [2.75, 3.05) is 19.5 Å². The number of ether oxygens (including phenoxy) is 2. The number of nitrogens with one attached hydrogen (secondary N) is 2. The highest BCUT2D eigenvalue weighted by Crippen LogP contribution is 2.33. The maximum atomic E-state index is 5.40. The molecule has 2 aromatic heterocycles. The van der Waals surface area contributed by atoms with Gasteiger partial charge >= 0.3 is 0 Å². The fourth-order valence-electron chi connectivity index (χ4n) is 2.94. The monoisotopic (exact) mass is 361 g/mol. The molecule has 0 fully saturated rings. The van der Waals surface area contributed by atoms with Gasteiger partial charge < -0.3 is 19.8 Å². The molecule has 0 aliphatic carbocycles. The maximum Gasteiger partial charge on any atom is 0.161 e. The molecular weight excluding hydrogens is 342 g/mol. The van der Waals surface area contributed by atoms with Crippen molar-refractivity contribution in [3.8, 4) is 22.8 Å². The Morgan fingerprint density at radius 3 is 2.63 bits per heavy atom. The van der Waals surface area contributed by atoms with E-state index in [0.717, 1.165) is 27.9 Å². The highest BCUT2D eigenvalue weighted by molar-refractivity contribution is 5.76. The van der Waals surface area contributed by atoms with Crippen LogP contribution in [-0.4, -0.2) is 34.2 Å². The number of rotatable bonds is 6. The number of methoxy groups -OCH3 is 2. The molecule has 0 saturated heterocycles. The normalized spacial score (nSPS) is 10.7. The number of aromatic nitrogens is 4. The zero-order valence-electron chi connectivity index (χ0n) is 15.1. The number of hydrogen-bond donors (Lipinski definition) is 2. The number of aromatic amines is 1. The van der Waals surface area contributed by atoms with Crippen LogP contribution in [0.4, 0.5) is 5.82 Å². The fraction of sp³-hybridized carbons (Fsp3) is 0.150. The van der Waals surface area contributed by atoms with E-state index in [1.807, 2.05) is 30.3 Å². The molecule has 0 atom stereocenters. The van der Waals surface area contributed by atoms with Crippen LogP contribution >= 0.6 is 0 Å². The number of imidazole rings is 1. The number of nitrogens with zero attached hydrogens (tertiary/aromatic N) is 3. The average Bonchev–Trinajstić information content (AvgIpc) is 3.20. The maximum absolute atomic E-state index is 5.40. The summed E-state index contributed by atoms with van der Waals surface area (Å²) in [6, 6.07) is 11.8. The molecule has 7 heteroatoms. The smallest absolute Gasteiger partial charge is 0.161 e. The van der Waals surface area contributed by atoms with Crippen molar-refractivity contribution in [2.24, 2.45) is 0 Å². The van der Waals surface area contributed by atoms with Crippen LogP contribution < -0.4 is 14.8 Å². The van der Waals surface area contributed by atoms with Gasteiger partial charge in [-0.25, -0.2) is 9.97 Å². The second-order valence-electron chi connectivity index (χ2n) is 5.93. The van der Waals surface area contributed by atoms with Gasteiger partial charge in [0.05, 0.1) is 31.6 Å². The Morgan fingerprint density at radius 1 is 0.926 bits per heavy atom. The topological polar surface area (TPSA) is 85.0 Å². The molecule has 0 radical (unpaired) electrons. The van der Waals surface area contributed by atoms with Gasteiger partial charge in [0.2, 0.25) is 0 Å². The van der Waals surface area contributed by atoms with Crippen LogP contribution in [0.25, 0.3) is 22.3 Å². The van der Waals surface area contributed by atoms with Gasteiger partial charge in [0.15, 0.2) is 17.3 Å². The van der Waals surface area contributed by atoms with E-state index < -0.39 is 0 Å². The zero-order chi connectivity index (χ0) is 18.6. The van der Waals surface area contributed by atoms with E-state index in [9.17, 15) is 0 Å². The van der Waals surface area contributed by atoms with Crippen LogP contribution in [0, 0.1) is 0 Å².